The molecule has 0 amide bonds. The molecule has 0 saturated carbocycles. The lowest BCUT2D eigenvalue weighted by molar-refractivity contribution is 0.0382. The normalized spacial score (nSPS) is 11.2. The monoisotopic (exact) mass is 398 g/mol. The molecule has 4 aromatic rings. The molecule has 0 atom stereocenters. The Morgan fingerprint density at radius 1 is 0.724 bits per heavy atom. The number of fused-ring (bicyclic) bond motifs is 1. The molecule has 0 aliphatic rings. The summed E-state index contributed by atoms with van der Waals surface area (Å²) in [6.07, 6.45) is -0.172. The van der Waals surface area contributed by atoms with Gasteiger partial charge in [-0.15, -0.1) is 0 Å². The van der Waals surface area contributed by atoms with E-state index in [0.717, 1.165) is 16.1 Å². The molecule has 0 aromatic heterocycles. The molecule has 0 radical (unpaired) electrons. The van der Waals surface area contributed by atoms with Crippen LogP contribution in [0.4, 0.5) is 0 Å². The van der Waals surface area contributed by atoms with Crippen molar-refractivity contribution >= 4 is 40.6 Å². The average molecular weight is 398 g/mol. The zero-order valence-electron chi connectivity index (χ0n) is 16.6. The number of carbonyl (C=O) groups is 1. The Hall–Kier alpha value is -2.96. The van der Waals surface area contributed by atoms with E-state index < -0.39 is 7.92 Å². The van der Waals surface area contributed by atoms with Gasteiger partial charge in [0.1, 0.15) is 0 Å². The summed E-state index contributed by atoms with van der Waals surface area (Å²) < 4.78 is 5.68. The van der Waals surface area contributed by atoms with Crippen LogP contribution in [0, 0.1) is 0 Å². The Balaban J connectivity index is 2.00. The van der Waals surface area contributed by atoms with Crippen LogP contribution in [0.5, 0.6) is 0 Å². The van der Waals surface area contributed by atoms with E-state index in [1.165, 1.54) is 10.6 Å². The van der Waals surface area contributed by atoms with Crippen molar-refractivity contribution in [1.29, 1.82) is 0 Å². The summed E-state index contributed by atoms with van der Waals surface area (Å²) in [4.78, 5) is 13.2. The van der Waals surface area contributed by atoms with Crippen molar-refractivity contribution in [3.05, 3.63) is 103 Å². The predicted octanol–water partition coefficient (Wildman–Crippen LogP) is 5.16. The highest BCUT2D eigenvalue weighted by Gasteiger charge is 2.25. The molecule has 29 heavy (non-hydrogen) atoms. The van der Waals surface area contributed by atoms with Crippen molar-refractivity contribution in [3.8, 4) is 0 Å². The van der Waals surface area contributed by atoms with Gasteiger partial charge in [-0.05, 0) is 43.2 Å². The molecule has 0 spiro atoms. The summed E-state index contributed by atoms with van der Waals surface area (Å²) in [6, 6.07) is 33.1. The minimum Gasteiger partial charge on any atom is -0.459 e. The van der Waals surface area contributed by atoms with Crippen LogP contribution < -0.4 is 15.9 Å². The maximum absolute atomic E-state index is 13.2. The van der Waals surface area contributed by atoms with Crippen LogP contribution in [-0.2, 0) is 4.74 Å². The molecule has 4 aromatic carbocycles. The van der Waals surface area contributed by atoms with Crippen LogP contribution in [0.2, 0.25) is 0 Å². The zero-order valence-corrected chi connectivity index (χ0v) is 17.5. The van der Waals surface area contributed by atoms with E-state index in [9.17, 15) is 4.79 Å². The fourth-order valence-corrected chi connectivity index (χ4v) is 5.97. The summed E-state index contributed by atoms with van der Waals surface area (Å²) in [5, 5.41) is 5.44. The maximum atomic E-state index is 13.2. The van der Waals surface area contributed by atoms with Gasteiger partial charge in [0, 0.05) is 5.30 Å². The molecule has 0 N–H and O–H groups in total. The highest BCUT2D eigenvalue weighted by molar-refractivity contribution is 7.80. The quantitative estimate of drug-likeness (QED) is 0.343. The Morgan fingerprint density at radius 3 is 1.86 bits per heavy atom. The summed E-state index contributed by atoms with van der Waals surface area (Å²) in [7, 11) is -0.898. The lowest BCUT2D eigenvalue weighted by Crippen LogP contribution is -2.27. The Bertz CT molecular complexity index is 1080. The van der Waals surface area contributed by atoms with Crippen LogP contribution in [0.3, 0.4) is 0 Å². The second kappa shape index (κ2) is 8.59. The smallest absolute Gasteiger partial charge is 0.339 e. The summed E-state index contributed by atoms with van der Waals surface area (Å²) in [5.74, 6) is -0.258. The Kier molecular flexibility index (Phi) is 5.74. The van der Waals surface area contributed by atoms with Gasteiger partial charge in [0.05, 0.1) is 11.7 Å². The average Bonchev–Trinajstić information content (AvgIpc) is 2.74. The largest absolute Gasteiger partial charge is 0.459 e. The molecule has 0 heterocycles. The van der Waals surface area contributed by atoms with Crippen LogP contribution >= 0.6 is 7.92 Å². The van der Waals surface area contributed by atoms with Crippen LogP contribution in [0.25, 0.3) is 10.8 Å². The molecule has 0 aliphatic carbocycles. The molecular weight excluding hydrogens is 375 g/mol. The van der Waals surface area contributed by atoms with Crippen molar-refractivity contribution in [2.24, 2.45) is 0 Å². The van der Waals surface area contributed by atoms with Gasteiger partial charge in [-0.25, -0.2) is 4.79 Å². The van der Waals surface area contributed by atoms with Gasteiger partial charge in [0.2, 0.25) is 0 Å². The predicted molar refractivity (Wildman–Crippen MR) is 123 cm³/mol. The van der Waals surface area contributed by atoms with Crippen molar-refractivity contribution in [2.45, 2.75) is 20.0 Å². The summed E-state index contributed by atoms with van der Waals surface area (Å²) in [6.45, 7) is 3.78. The van der Waals surface area contributed by atoms with Crippen LogP contribution in [-0.4, -0.2) is 12.1 Å². The minimum absolute atomic E-state index is 0.172. The Morgan fingerprint density at radius 2 is 1.28 bits per heavy atom. The SMILES string of the molecule is CC(C)OC(=O)c1c(P(c2ccccc2)c2ccccc2)ccc2ccccc12. The van der Waals surface area contributed by atoms with E-state index in [0.29, 0.717) is 5.56 Å². The standard InChI is InChI=1S/C26H23O2P/c1-19(2)28-26(27)25-23-16-10-9-11-20(23)17-18-24(25)29(21-12-5-3-6-13-21)22-14-7-4-8-15-22/h3-19H,1-2H3. The van der Waals surface area contributed by atoms with Gasteiger partial charge < -0.3 is 4.74 Å². The highest BCUT2D eigenvalue weighted by atomic mass is 31.1. The number of hydrogen-bond donors (Lipinski definition) is 0. The molecule has 0 bridgehead atoms. The van der Waals surface area contributed by atoms with Gasteiger partial charge >= 0.3 is 5.97 Å². The lowest BCUT2D eigenvalue weighted by Gasteiger charge is -2.23. The van der Waals surface area contributed by atoms with Gasteiger partial charge in [-0.1, -0.05) is 97.1 Å². The van der Waals surface area contributed by atoms with Gasteiger partial charge in [-0.3, -0.25) is 0 Å². The highest BCUT2D eigenvalue weighted by Crippen LogP contribution is 2.36. The van der Waals surface area contributed by atoms with Crippen LogP contribution in [0.1, 0.15) is 24.2 Å². The lowest BCUT2D eigenvalue weighted by atomic mass is 10.0. The molecule has 0 saturated heterocycles. The molecule has 2 nitrogen and oxygen atoms in total. The van der Waals surface area contributed by atoms with Gasteiger partial charge in [0.15, 0.2) is 0 Å². The first-order valence-corrected chi connectivity index (χ1v) is 11.1. The third-order valence-corrected chi connectivity index (χ3v) is 7.21. The molecular formula is C26H23O2P. The molecule has 4 rings (SSSR count). The fraction of sp³-hybridized carbons (Fsp3) is 0.115. The van der Waals surface area contributed by atoms with Crippen molar-refractivity contribution in [1.82, 2.24) is 0 Å². The first-order chi connectivity index (χ1) is 14.1. The molecule has 0 aliphatic heterocycles. The van der Waals surface area contributed by atoms with E-state index >= 15 is 0 Å². The van der Waals surface area contributed by atoms with E-state index in [-0.39, 0.29) is 12.1 Å². The van der Waals surface area contributed by atoms with Gasteiger partial charge in [-0.2, -0.15) is 0 Å². The summed E-state index contributed by atoms with van der Waals surface area (Å²) >= 11 is 0. The number of rotatable bonds is 5. The first kappa shape index (κ1) is 19.4. The molecule has 144 valence electrons. The third kappa shape index (κ3) is 4.09. The van der Waals surface area contributed by atoms with E-state index in [4.69, 9.17) is 4.74 Å². The van der Waals surface area contributed by atoms with Crippen molar-refractivity contribution in [3.63, 3.8) is 0 Å². The molecule has 3 heteroatoms. The molecule has 0 fully saturated rings. The number of hydrogen-bond acceptors (Lipinski definition) is 2. The Labute approximate surface area is 172 Å². The fourth-order valence-electron chi connectivity index (χ4n) is 3.52. The van der Waals surface area contributed by atoms with E-state index in [1.807, 2.05) is 50.2 Å². The maximum Gasteiger partial charge on any atom is 0.339 e. The van der Waals surface area contributed by atoms with E-state index in [1.54, 1.807) is 0 Å². The van der Waals surface area contributed by atoms with Crippen molar-refractivity contribution < 1.29 is 9.53 Å². The first-order valence-electron chi connectivity index (χ1n) is 9.78. The topological polar surface area (TPSA) is 26.3 Å². The minimum atomic E-state index is -0.898. The molecule has 0 unspecified atom stereocenters. The number of esters is 1. The van der Waals surface area contributed by atoms with Crippen LogP contribution in [0.15, 0.2) is 97.1 Å². The zero-order chi connectivity index (χ0) is 20.2. The summed E-state index contributed by atoms with van der Waals surface area (Å²) in [5.41, 5.74) is 0.676. The second-order valence-corrected chi connectivity index (χ2v) is 9.33. The third-order valence-electron chi connectivity index (χ3n) is 4.72. The number of carbonyl (C=O) groups excluding carboxylic acids is 1. The second-order valence-electron chi connectivity index (χ2n) is 7.14. The van der Waals surface area contributed by atoms with Gasteiger partial charge in [0.25, 0.3) is 0 Å². The van der Waals surface area contributed by atoms with E-state index in [2.05, 4.69) is 60.7 Å². The number of benzene rings is 4. The number of ether oxygens (including phenoxy) is 1. The van der Waals surface area contributed by atoms with Crippen molar-refractivity contribution in [2.75, 3.05) is 0 Å².